The molecule has 0 aliphatic rings. The molecule has 0 amide bonds. The average Bonchev–Trinajstić information content (AvgIpc) is 2.28. The number of halogens is 11. The van der Waals surface area contributed by atoms with E-state index in [1.807, 2.05) is 0 Å². The van der Waals surface area contributed by atoms with E-state index in [-0.39, 0.29) is 24.3 Å². The topological polar surface area (TPSA) is 0 Å². The zero-order chi connectivity index (χ0) is 17.6. The van der Waals surface area contributed by atoms with Crippen molar-refractivity contribution in [3.63, 3.8) is 0 Å². The Bertz CT molecular complexity index is 482. The van der Waals surface area contributed by atoms with E-state index in [1.54, 1.807) is 0 Å². The molecule has 126 valence electrons. The second-order valence-corrected chi connectivity index (χ2v) is 4.23. The van der Waals surface area contributed by atoms with Crippen molar-refractivity contribution >= 4 is 0 Å². The zero-order valence-electron chi connectivity index (χ0n) is 10.0. The molecule has 0 nitrogen and oxygen atoms in total. The van der Waals surface area contributed by atoms with E-state index in [0.29, 0.717) is 0 Å². The van der Waals surface area contributed by atoms with Crippen LogP contribution in [0.5, 0.6) is 0 Å². The normalized spacial score (nSPS) is 14.5. The van der Waals surface area contributed by atoms with Crippen molar-refractivity contribution in [3.8, 4) is 0 Å². The molecule has 0 saturated carbocycles. The van der Waals surface area contributed by atoms with Gasteiger partial charge in [0.1, 0.15) is 11.7 Å². The minimum atomic E-state index is -6.67. The lowest BCUT2D eigenvalue weighted by atomic mass is 9.85. The maximum absolute atomic E-state index is 13.2. The SMILES string of the molecule is Fc1ccc(C(C(F)(F)C(F)(F)F)C(F)(F)C(F)(F)F)cc1. The van der Waals surface area contributed by atoms with Gasteiger partial charge in [-0.25, -0.2) is 4.39 Å². The van der Waals surface area contributed by atoms with Gasteiger partial charge in [0, 0.05) is 0 Å². The van der Waals surface area contributed by atoms with E-state index in [2.05, 4.69) is 0 Å². The predicted molar refractivity (Wildman–Crippen MR) is 51.1 cm³/mol. The molecule has 22 heavy (non-hydrogen) atoms. The van der Waals surface area contributed by atoms with Gasteiger partial charge in [0.25, 0.3) is 0 Å². The number of hydrogen-bond acceptors (Lipinski definition) is 0. The summed E-state index contributed by atoms with van der Waals surface area (Å²) in [5, 5.41) is 0. The van der Waals surface area contributed by atoms with E-state index in [1.165, 1.54) is 0 Å². The first kappa shape index (κ1) is 18.5. The van der Waals surface area contributed by atoms with Crippen LogP contribution in [-0.4, -0.2) is 24.2 Å². The maximum Gasteiger partial charge on any atom is 0.454 e. The summed E-state index contributed by atoms with van der Waals surface area (Å²) in [4.78, 5) is 0. The van der Waals surface area contributed by atoms with Gasteiger partial charge in [-0.15, -0.1) is 0 Å². The van der Waals surface area contributed by atoms with Gasteiger partial charge < -0.3 is 0 Å². The Morgan fingerprint density at radius 3 is 1.18 bits per heavy atom. The molecule has 0 aliphatic carbocycles. The minimum absolute atomic E-state index is 0.0132. The number of benzene rings is 1. The molecule has 1 aromatic carbocycles. The van der Waals surface area contributed by atoms with Gasteiger partial charge in [-0.2, -0.15) is 43.9 Å². The summed E-state index contributed by atoms with van der Waals surface area (Å²) in [6.45, 7) is 0. The molecule has 0 spiro atoms. The Morgan fingerprint density at radius 2 is 0.909 bits per heavy atom. The summed E-state index contributed by atoms with van der Waals surface area (Å²) >= 11 is 0. The first-order valence-electron chi connectivity index (χ1n) is 5.27. The van der Waals surface area contributed by atoms with E-state index < -0.39 is 41.5 Å². The lowest BCUT2D eigenvalue weighted by molar-refractivity contribution is -0.354. The van der Waals surface area contributed by atoms with Crippen LogP contribution < -0.4 is 0 Å². The molecule has 0 radical (unpaired) electrons. The Hall–Kier alpha value is -1.55. The molecule has 0 aromatic heterocycles. The first-order chi connectivity index (χ1) is 9.62. The highest BCUT2D eigenvalue weighted by molar-refractivity contribution is 5.27. The highest BCUT2D eigenvalue weighted by Gasteiger charge is 2.76. The van der Waals surface area contributed by atoms with Crippen LogP contribution in [0.2, 0.25) is 0 Å². The molecular weight excluding hydrogens is 341 g/mol. The Labute approximate surface area is 115 Å². The van der Waals surface area contributed by atoms with Crippen molar-refractivity contribution in [1.29, 1.82) is 0 Å². The summed E-state index contributed by atoms with van der Waals surface area (Å²) < 4.78 is 139. The monoisotopic (exact) mass is 346 g/mol. The van der Waals surface area contributed by atoms with Crippen LogP contribution in [0.4, 0.5) is 48.3 Å². The number of alkyl halides is 10. The van der Waals surface area contributed by atoms with Gasteiger partial charge in [-0.05, 0) is 17.7 Å². The van der Waals surface area contributed by atoms with Gasteiger partial charge in [0.05, 0.1) is 0 Å². The van der Waals surface area contributed by atoms with Crippen molar-refractivity contribution in [2.45, 2.75) is 30.1 Å². The highest BCUT2D eigenvalue weighted by atomic mass is 19.4. The molecule has 1 aromatic rings. The van der Waals surface area contributed by atoms with E-state index >= 15 is 0 Å². The molecule has 0 N–H and O–H groups in total. The van der Waals surface area contributed by atoms with Crippen LogP contribution in [0.25, 0.3) is 0 Å². The molecule has 0 saturated heterocycles. The standard InChI is InChI=1S/C11H5F11/c12-6-3-1-5(2-4-6)7(8(13,14)10(17,18)19)9(15,16)11(20,21)22/h1-4,7H. The van der Waals surface area contributed by atoms with Gasteiger partial charge in [-0.3, -0.25) is 0 Å². The van der Waals surface area contributed by atoms with Gasteiger partial charge in [-0.1, -0.05) is 12.1 Å². The number of rotatable bonds is 3. The van der Waals surface area contributed by atoms with Gasteiger partial charge in [0.2, 0.25) is 0 Å². The van der Waals surface area contributed by atoms with Crippen molar-refractivity contribution < 1.29 is 48.3 Å². The summed E-state index contributed by atoms with van der Waals surface area (Å²) in [6.07, 6.45) is -13.3. The molecule has 0 unspecified atom stereocenters. The van der Waals surface area contributed by atoms with Crippen LogP contribution in [0.3, 0.4) is 0 Å². The zero-order valence-corrected chi connectivity index (χ0v) is 10.0. The number of hydrogen-bond donors (Lipinski definition) is 0. The molecule has 0 bridgehead atoms. The van der Waals surface area contributed by atoms with Crippen LogP contribution in [-0.2, 0) is 0 Å². The van der Waals surface area contributed by atoms with Crippen molar-refractivity contribution in [3.05, 3.63) is 35.6 Å². The molecule has 0 heterocycles. The molecule has 1 rings (SSSR count). The molecule has 0 fully saturated rings. The summed E-state index contributed by atoms with van der Waals surface area (Å²) in [6, 6.07) is 0.418. The van der Waals surface area contributed by atoms with Crippen molar-refractivity contribution in [1.82, 2.24) is 0 Å². The van der Waals surface area contributed by atoms with Gasteiger partial charge in [0.15, 0.2) is 0 Å². The van der Waals surface area contributed by atoms with E-state index in [4.69, 9.17) is 0 Å². The second-order valence-electron chi connectivity index (χ2n) is 4.23. The maximum atomic E-state index is 13.2. The van der Waals surface area contributed by atoms with Crippen LogP contribution >= 0.6 is 0 Å². The minimum Gasteiger partial charge on any atom is -0.207 e. The molecule has 0 atom stereocenters. The molecule has 11 heteroatoms. The predicted octanol–water partition coefficient (Wildman–Crippen LogP) is 5.30. The third-order valence-electron chi connectivity index (χ3n) is 2.68. The Kier molecular flexibility index (Phi) is 4.43. The summed E-state index contributed by atoms with van der Waals surface area (Å²) in [7, 11) is 0. The summed E-state index contributed by atoms with van der Waals surface area (Å²) in [5.74, 6) is -18.6. The average molecular weight is 346 g/mol. The largest absolute Gasteiger partial charge is 0.454 e. The van der Waals surface area contributed by atoms with Crippen molar-refractivity contribution in [2.75, 3.05) is 0 Å². The van der Waals surface area contributed by atoms with E-state index in [0.717, 1.165) is 0 Å². The lowest BCUT2D eigenvalue weighted by Crippen LogP contribution is -2.54. The third kappa shape index (κ3) is 3.12. The fourth-order valence-electron chi connectivity index (χ4n) is 1.63. The quantitative estimate of drug-likeness (QED) is 0.651. The van der Waals surface area contributed by atoms with Crippen LogP contribution in [0, 0.1) is 5.82 Å². The first-order valence-corrected chi connectivity index (χ1v) is 5.27. The second kappa shape index (κ2) is 5.27. The fourth-order valence-corrected chi connectivity index (χ4v) is 1.63. The van der Waals surface area contributed by atoms with Crippen LogP contribution in [0.15, 0.2) is 24.3 Å². The smallest absolute Gasteiger partial charge is 0.207 e. The summed E-state index contributed by atoms with van der Waals surface area (Å²) in [5.41, 5.74) is -1.70. The Balaban J connectivity index is 3.57. The molecular formula is C11H5F11. The van der Waals surface area contributed by atoms with E-state index in [9.17, 15) is 48.3 Å². The Morgan fingerprint density at radius 1 is 0.591 bits per heavy atom. The highest BCUT2D eigenvalue weighted by Crippen LogP contribution is 2.56. The fraction of sp³-hybridized carbons (Fsp3) is 0.455. The third-order valence-corrected chi connectivity index (χ3v) is 2.68. The van der Waals surface area contributed by atoms with Crippen LogP contribution in [0.1, 0.15) is 11.5 Å². The van der Waals surface area contributed by atoms with Gasteiger partial charge >= 0.3 is 24.2 Å². The lowest BCUT2D eigenvalue weighted by Gasteiger charge is -2.35. The van der Waals surface area contributed by atoms with Crippen molar-refractivity contribution in [2.24, 2.45) is 0 Å². The molecule has 0 aliphatic heterocycles.